The quantitative estimate of drug-likeness (QED) is 0.858. The lowest BCUT2D eigenvalue weighted by molar-refractivity contribution is 0.151. The summed E-state index contributed by atoms with van der Waals surface area (Å²) in [5, 5.41) is 16.0. The highest BCUT2D eigenvalue weighted by molar-refractivity contribution is 7.16. The van der Waals surface area contributed by atoms with Crippen LogP contribution in [0.4, 0.5) is 5.82 Å². The Labute approximate surface area is 129 Å². The summed E-state index contributed by atoms with van der Waals surface area (Å²) in [6.45, 7) is 5.04. The lowest BCUT2D eigenvalue weighted by atomic mass is 10.2. The van der Waals surface area contributed by atoms with E-state index in [1.165, 1.54) is 0 Å². The zero-order chi connectivity index (χ0) is 14.7. The van der Waals surface area contributed by atoms with Gasteiger partial charge in [-0.1, -0.05) is 6.92 Å². The predicted molar refractivity (Wildman–Crippen MR) is 86.7 cm³/mol. The van der Waals surface area contributed by atoms with Crippen molar-refractivity contribution in [2.24, 2.45) is 0 Å². The molecule has 1 aliphatic heterocycles. The molecule has 0 amide bonds. The topological polar surface area (TPSA) is 61.3 Å². The molecule has 0 spiro atoms. The van der Waals surface area contributed by atoms with Crippen LogP contribution < -0.4 is 5.32 Å². The van der Waals surface area contributed by atoms with Gasteiger partial charge in [0, 0.05) is 12.6 Å². The van der Waals surface area contributed by atoms with Gasteiger partial charge in [0.1, 0.15) is 16.5 Å². The van der Waals surface area contributed by atoms with E-state index in [4.69, 9.17) is 4.98 Å². The Morgan fingerprint density at radius 1 is 1.48 bits per heavy atom. The minimum Gasteiger partial charge on any atom is -0.395 e. The van der Waals surface area contributed by atoms with E-state index in [-0.39, 0.29) is 12.6 Å². The third kappa shape index (κ3) is 3.17. The SMILES string of the molecule is CCCNc1nc(CN2CCCC2CO)nc2sccc12. The summed E-state index contributed by atoms with van der Waals surface area (Å²) >= 11 is 1.65. The second-order valence-corrected chi connectivity index (χ2v) is 6.40. The minimum atomic E-state index is 0.224. The Morgan fingerprint density at radius 3 is 3.19 bits per heavy atom. The molecule has 2 aromatic heterocycles. The van der Waals surface area contributed by atoms with Crippen LogP contribution in [0.2, 0.25) is 0 Å². The molecule has 0 bridgehead atoms. The smallest absolute Gasteiger partial charge is 0.146 e. The average Bonchev–Trinajstić information content (AvgIpc) is 3.13. The first-order valence-electron chi connectivity index (χ1n) is 7.64. The molecule has 114 valence electrons. The number of anilines is 1. The largest absolute Gasteiger partial charge is 0.395 e. The maximum atomic E-state index is 9.43. The van der Waals surface area contributed by atoms with Crippen molar-refractivity contribution < 1.29 is 5.11 Å². The van der Waals surface area contributed by atoms with Crippen LogP contribution in [0.15, 0.2) is 11.4 Å². The highest BCUT2D eigenvalue weighted by atomic mass is 32.1. The number of hydrogen-bond donors (Lipinski definition) is 2. The Balaban J connectivity index is 1.84. The molecule has 1 saturated heterocycles. The first-order valence-corrected chi connectivity index (χ1v) is 8.52. The van der Waals surface area contributed by atoms with Crippen LogP contribution in [0, 0.1) is 0 Å². The van der Waals surface area contributed by atoms with Crippen LogP contribution in [-0.2, 0) is 6.54 Å². The Morgan fingerprint density at radius 2 is 2.38 bits per heavy atom. The third-order valence-corrected chi connectivity index (χ3v) is 4.77. The van der Waals surface area contributed by atoms with Crippen molar-refractivity contribution in [3.05, 3.63) is 17.3 Å². The summed E-state index contributed by atoms with van der Waals surface area (Å²) in [5.74, 6) is 1.79. The van der Waals surface area contributed by atoms with Crippen LogP contribution >= 0.6 is 11.3 Å². The first-order chi connectivity index (χ1) is 10.3. The van der Waals surface area contributed by atoms with Crippen molar-refractivity contribution in [1.82, 2.24) is 14.9 Å². The van der Waals surface area contributed by atoms with Crippen LogP contribution in [0.25, 0.3) is 10.2 Å². The fourth-order valence-corrected chi connectivity index (χ4v) is 3.62. The number of thiophene rings is 1. The van der Waals surface area contributed by atoms with E-state index in [1.807, 2.05) is 0 Å². The summed E-state index contributed by atoms with van der Waals surface area (Å²) < 4.78 is 0. The van der Waals surface area contributed by atoms with Crippen molar-refractivity contribution in [2.75, 3.05) is 25.0 Å². The van der Waals surface area contributed by atoms with Crippen molar-refractivity contribution in [1.29, 1.82) is 0 Å². The van der Waals surface area contributed by atoms with Gasteiger partial charge in [-0.15, -0.1) is 11.3 Å². The van der Waals surface area contributed by atoms with Gasteiger partial charge in [0.2, 0.25) is 0 Å². The van der Waals surface area contributed by atoms with Gasteiger partial charge in [-0.25, -0.2) is 9.97 Å². The third-order valence-electron chi connectivity index (χ3n) is 3.97. The molecule has 0 radical (unpaired) electrons. The van der Waals surface area contributed by atoms with Crippen LogP contribution in [0.3, 0.4) is 0 Å². The number of aliphatic hydroxyl groups is 1. The second kappa shape index (κ2) is 6.68. The standard InChI is InChI=1S/C15H22N4OS/c1-2-6-16-14-12-5-8-21-15(12)18-13(17-14)9-19-7-3-4-11(19)10-20/h5,8,11,20H,2-4,6-7,9-10H2,1H3,(H,16,17,18). The normalized spacial score (nSPS) is 19.4. The van der Waals surface area contributed by atoms with Gasteiger partial charge in [-0.2, -0.15) is 0 Å². The van der Waals surface area contributed by atoms with Gasteiger partial charge in [-0.3, -0.25) is 4.90 Å². The maximum Gasteiger partial charge on any atom is 0.146 e. The number of likely N-dealkylation sites (tertiary alicyclic amines) is 1. The fourth-order valence-electron chi connectivity index (χ4n) is 2.84. The van der Waals surface area contributed by atoms with E-state index in [0.717, 1.165) is 60.8 Å². The zero-order valence-corrected chi connectivity index (χ0v) is 13.2. The van der Waals surface area contributed by atoms with Crippen molar-refractivity contribution >= 4 is 27.4 Å². The summed E-state index contributed by atoms with van der Waals surface area (Å²) in [5.41, 5.74) is 0. The fraction of sp³-hybridized carbons (Fsp3) is 0.600. The van der Waals surface area contributed by atoms with E-state index >= 15 is 0 Å². The average molecular weight is 306 g/mol. The predicted octanol–water partition coefficient (Wildman–Crippen LogP) is 2.47. The van der Waals surface area contributed by atoms with E-state index in [1.54, 1.807) is 11.3 Å². The molecule has 0 aliphatic carbocycles. The highest BCUT2D eigenvalue weighted by Crippen LogP contribution is 2.26. The summed E-state index contributed by atoms with van der Waals surface area (Å²) in [7, 11) is 0. The number of aromatic nitrogens is 2. The van der Waals surface area contributed by atoms with E-state index < -0.39 is 0 Å². The number of aliphatic hydroxyl groups excluding tert-OH is 1. The van der Waals surface area contributed by atoms with Crippen LogP contribution in [0.5, 0.6) is 0 Å². The Kier molecular flexibility index (Phi) is 4.67. The summed E-state index contributed by atoms with van der Waals surface area (Å²) in [6.07, 6.45) is 3.29. The van der Waals surface area contributed by atoms with E-state index in [9.17, 15) is 5.11 Å². The number of nitrogens with one attached hydrogen (secondary N) is 1. The molecule has 1 fully saturated rings. The van der Waals surface area contributed by atoms with Gasteiger partial charge in [0.25, 0.3) is 0 Å². The van der Waals surface area contributed by atoms with Gasteiger partial charge in [0.05, 0.1) is 18.5 Å². The van der Waals surface area contributed by atoms with Crippen molar-refractivity contribution in [3.63, 3.8) is 0 Å². The van der Waals surface area contributed by atoms with Gasteiger partial charge in [-0.05, 0) is 37.3 Å². The minimum absolute atomic E-state index is 0.224. The van der Waals surface area contributed by atoms with Crippen LogP contribution in [-0.4, -0.2) is 45.7 Å². The number of fused-ring (bicyclic) bond motifs is 1. The molecule has 21 heavy (non-hydrogen) atoms. The molecule has 3 heterocycles. The Hall–Kier alpha value is -1.24. The van der Waals surface area contributed by atoms with Crippen LogP contribution in [0.1, 0.15) is 32.0 Å². The molecule has 2 N–H and O–H groups in total. The van der Waals surface area contributed by atoms with Gasteiger partial charge < -0.3 is 10.4 Å². The van der Waals surface area contributed by atoms with Gasteiger partial charge in [0.15, 0.2) is 0 Å². The first kappa shape index (κ1) is 14.7. The number of nitrogens with zero attached hydrogens (tertiary/aromatic N) is 3. The molecule has 1 aliphatic rings. The van der Waals surface area contributed by atoms with Crippen molar-refractivity contribution in [3.8, 4) is 0 Å². The molecule has 1 atom stereocenters. The molecule has 6 heteroatoms. The summed E-state index contributed by atoms with van der Waals surface area (Å²) in [4.78, 5) is 12.7. The monoisotopic (exact) mass is 306 g/mol. The highest BCUT2D eigenvalue weighted by Gasteiger charge is 2.24. The molecule has 3 rings (SSSR count). The number of rotatable bonds is 6. The Bertz CT molecular complexity index is 600. The maximum absolute atomic E-state index is 9.43. The molecular formula is C15H22N4OS. The molecule has 5 nitrogen and oxygen atoms in total. The molecule has 1 unspecified atom stereocenters. The van der Waals surface area contributed by atoms with Crippen molar-refractivity contribution in [2.45, 2.75) is 38.8 Å². The van der Waals surface area contributed by atoms with Gasteiger partial charge >= 0.3 is 0 Å². The van der Waals surface area contributed by atoms with E-state index in [2.05, 4.69) is 33.6 Å². The zero-order valence-electron chi connectivity index (χ0n) is 12.4. The molecule has 2 aromatic rings. The summed E-state index contributed by atoms with van der Waals surface area (Å²) in [6, 6.07) is 2.34. The molecule has 0 saturated carbocycles. The lowest BCUT2D eigenvalue weighted by Gasteiger charge is -2.21. The number of hydrogen-bond acceptors (Lipinski definition) is 6. The molecular weight excluding hydrogens is 284 g/mol. The van der Waals surface area contributed by atoms with E-state index in [0.29, 0.717) is 0 Å². The molecule has 0 aromatic carbocycles. The lowest BCUT2D eigenvalue weighted by Crippen LogP contribution is -2.32. The second-order valence-electron chi connectivity index (χ2n) is 5.50.